The maximum Gasteiger partial charge on any atom is 0.286 e. The maximum atomic E-state index is 12.3. The lowest BCUT2D eigenvalue weighted by Crippen LogP contribution is -2.46. The van der Waals surface area contributed by atoms with E-state index >= 15 is 0 Å². The zero-order chi connectivity index (χ0) is 22.8. The Bertz CT molecular complexity index is 885. The Hall–Kier alpha value is -2.07. The van der Waals surface area contributed by atoms with E-state index < -0.39 is 0 Å². The van der Waals surface area contributed by atoms with Crippen LogP contribution in [0.25, 0.3) is 0 Å². The minimum absolute atomic E-state index is 0.0595. The third-order valence-corrected chi connectivity index (χ3v) is 6.64. The van der Waals surface area contributed by atoms with Gasteiger partial charge in [-0.15, -0.1) is 10.2 Å². The first-order chi connectivity index (χ1) is 15.5. The summed E-state index contributed by atoms with van der Waals surface area (Å²) in [6.45, 7) is 9.57. The molecule has 2 aromatic rings. The zero-order valence-electron chi connectivity index (χ0n) is 18.5. The number of hydrogen-bond donors (Lipinski definition) is 2. The van der Waals surface area contributed by atoms with Gasteiger partial charge in [-0.05, 0) is 44.1 Å². The number of aromatic nitrogens is 2. The molecule has 0 spiro atoms. The van der Waals surface area contributed by atoms with E-state index in [0.717, 1.165) is 50.7 Å². The molecule has 8 nitrogen and oxygen atoms in total. The van der Waals surface area contributed by atoms with E-state index in [4.69, 9.17) is 11.6 Å². The summed E-state index contributed by atoms with van der Waals surface area (Å²) in [7, 11) is 0. The van der Waals surface area contributed by atoms with Crippen LogP contribution in [0, 0.1) is 0 Å². The van der Waals surface area contributed by atoms with Crippen LogP contribution in [0.2, 0.25) is 5.02 Å². The van der Waals surface area contributed by atoms with Gasteiger partial charge in [0.05, 0.1) is 0 Å². The Labute approximate surface area is 198 Å². The predicted octanol–water partition coefficient (Wildman–Crippen LogP) is 2.91. The Balaban J connectivity index is 1.28. The minimum atomic E-state index is -0.315. The van der Waals surface area contributed by atoms with Crippen LogP contribution in [0.5, 0.6) is 0 Å². The normalized spacial score (nSPS) is 14.9. The van der Waals surface area contributed by atoms with E-state index in [9.17, 15) is 9.59 Å². The molecule has 1 aliphatic rings. The smallest absolute Gasteiger partial charge is 0.286 e. The summed E-state index contributed by atoms with van der Waals surface area (Å²) in [5, 5.41) is 15.4. The van der Waals surface area contributed by atoms with Crippen molar-refractivity contribution in [2.75, 3.05) is 51.1 Å². The van der Waals surface area contributed by atoms with Gasteiger partial charge in [0.1, 0.15) is 5.01 Å². The minimum Gasteiger partial charge on any atom is -0.356 e. The number of aryl methyl sites for hydroxylation is 1. The molecular weight excluding hydrogens is 448 g/mol. The Kier molecular flexibility index (Phi) is 9.86. The third-order valence-electron chi connectivity index (χ3n) is 5.42. The number of piperazine rings is 1. The van der Waals surface area contributed by atoms with Crippen molar-refractivity contribution in [3.63, 3.8) is 0 Å². The summed E-state index contributed by atoms with van der Waals surface area (Å²) in [5.41, 5.74) is 0.610. The molecule has 1 aromatic heterocycles. The summed E-state index contributed by atoms with van der Waals surface area (Å²) in [4.78, 5) is 29.3. The molecule has 174 valence electrons. The predicted molar refractivity (Wildman–Crippen MR) is 128 cm³/mol. The molecule has 2 amide bonds. The molecule has 1 aliphatic heterocycles. The molecule has 0 saturated carbocycles. The Morgan fingerprint density at radius 2 is 1.91 bits per heavy atom. The molecule has 2 heterocycles. The van der Waals surface area contributed by atoms with Crippen molar-refractivity contribution in [3.8, 4) is 0 Å². The zero-order valence-corrected chi connectivity index (χ0v) is 20.1. The second-order valence-electron chi connectivity index (χ2n) is 7.80. The van der Waals surface area contributed by atoms with Gasteiger partial charge in [-0.25, -0.2) is 0 Å². The molecule has 3 rings (SSSR count). The third kappa shape index (κ3) is 8.12. The lowest BCUT2D eigenvalue weighted by Gasteiger charge is -2.33. The molecule has 0 atom stereocenters. The quantitative estimate of drug-likeness (QED) is 0.482. The number of carbonyl (C=O) groups is 2. The fraction of sp³-hybridized carbons (Fsp3) is 0.545. The largest absolute Gasteiger partial charge is 0.356 e. The van der Waals surface area contributed by atoms with Crippen molar-refractivity contribution in [3.05, 3.63) is 39.3 Å². The number of nitrogens with zero attached hydrogens (tertiary/aromatic N) is 4. The van der Waals surface area contributed by atoms with Crippen LogP contribution in [-0.4, -0.2) is 77.6 Å². The van der Waals surface area contributed by atoms with Gasteiger partial charge in [0.25, 0.3) is 5.91 Å². The molecule has 0 aliphatic carbocycles. The number of benzene rings is 1. The Morgan fingerprint density at radius 3 is 2.66 bits per heavy atom. The molecule has 10 heteroatoms. The summed E-state index contributed by atoms with van der Waals surface area (Å²) in [5.74, 6) is -0.255. The first-order valence-electron chi connectivity index (χ1n) is 11.1. The van der Waals surface area contributed by atoms with Gasteiger partial charge in [0.15, 0.2) is 0 Å². The first kappa shape index (κ1) is 24.6. The first-order valence-corrected chi connectivity index (χ1v) is 12.3. The van der Waals surface area contributed by atoms with Crippen LogP contribution >= 0.6 is 22.9 Å². The van der Waals surface area contributed by atoms with E-state index in [0.29, 0.717) is 41.5 Å². The van der Waals surface area contributed by atoms with E-state index in [1.54, 1.807) is 24.3 Å². The average molecular weight is 479 g/mol. The molecule has 1 saturated heterocycles. The van der Waals surface area contributed by atoms with Crippen LogP contribution in [0.4, 0.5) is 5.69 Å². The number of likely N-dealkylation sites (N-methyl/N-ethyl adjacent to an activating group) is 1. The average Bonchev–Trinajstić information content (AvgIpc) is 3.26. The van der Waals surface area contributed by atoms with Gasteiger partial charge in [-0.2, -0.15) is 0 Å². The van der Waals surface area contributed by atoms with Gasteiger partial charge < -0.3 is 20.4 Å². The second kappa shape index (κ2) is 12.8. The summed E-state index contributed by atoms with van der Waals surface area (Å²) in [6, 6.07) is 6.94. The van der Waals surface area contributed by atoms with E-state index in [-0.39, 0.29) is 11.8 Å². The van der Waals surface area contributed by atoms with Gasteiger partial charge in [-0.1, -0.05) is 35.9 Å². The molecule has 0 bridgehead atoms. The van der Waals surface area contributed by atoms with E-state index in [1.807, 2.05) is 0 Å². The van der Waals surface area contributed by atoms with Crippen molar-refractivity contribution < 1.29 is 9.59 Å². The number of carbonyl (C=O) groups excluding carboxylic acids is 2. The number of anilines is 1. The second-order valence-corrected chi connectivity index (χ2v) is 9.30. The SMILES string of the molecule is CCN1CCN(CCCNC(=O)CCCc2nnc(C(=O)Nc3cccc(Cl)c3)s2)CC1. The molecule has 1 fully saturated rings. The van der Waals surface area contributed by atoms with Gasteiger partial charge in [0.2, 0.25) is 10.9 Å². The van der Waals surface area contributed by atoms with Crippen molar-refractivity contribution >= 4 is 40.4 Å². The van der Waals surface area contributed by atoms with Gasteiger partial charge in [-0.3, -0.25) is 9.59 Å². The van der Waals surface area contributed by atoms with Crippen LogP contribution in [0.15, 0.2) is 24.3 Å². The molecule has 2 N–H and O–H groups in total. The summed E-state index contributed by atoms with van der Waals surface area (Å²) >= 11 is 7.18. The summed E-state index contributed by atoms with van der Waals surface area (Å²) < 4.78 is 0. The standard InChI is InChI=1S/C22H31ClN6O2S/c1-2-28-12-14-29(15-13-28)11-5-10-24-19(30)8-4-9-20-26-27-22(32-20)21(31)25-18-7-3-6-17(23)16-18/h3,6-7,16H,2,4-5,8-15H2,1H3,(H,24,30)(H,25,31). The fourth-order valence-electron chi connectivity index (χ4n) is 3.55. The van der Waals surface area contributed by atoms with Gasteiger partial charge >= 0.3 is 0 Å². The fourth-order valence-corrected chi connectivity index (χ4v) is 4.51. The van der Waals surface area contributed by atoms with Crippen molar-refractivity contribution in [2.24, 2.45) is 0 Å². The highest BCUT2D eigenvalue weighted by Gasteiger charge is 2.15. The van der Waals surface area contributed by atoms with E-state index in [2.05, 4.69) is 37.6 Å². The monoisotopic (exact) mass is 478 g/mol. The number of hydrogen-bond acceptors (Lipinski definition) is 7. The van der Waals surface area contributed by atoms with Crippen LogP contribution in [-0.2, 0) is 11.2 Å². The summed E-state index contributed by atoms with van der Waals surface area (Å²) in [6.07, 6.45) is 2.71. The molecule has 0 radical (unpaired) electrons. The van der Waals surface area contributed by atoms with E-state index in [1.165, 1.54) is 11.3 Å². The molecule has 32 heavy (non-hydrogen) atoms. The van der Waals surface area contributed by atoms with Gasteiger partial charge in [0, 0.05) is 56.3 Å². The number of halogens is 1. The van der Waals surface area contributed by atoms with Crippen LogP contribution < -0.4 is 10.6 Å². The van der Waals surface area contributed by atoms with Crippen molar-refractivity contribution in [1.29, 1.82) is 0 Å². The van der Waals surface area contributed by atoms with Crippen LogP contribution in [0.1, 0.15) is 41.0 Å². The lowest BCUT2D eigenvalue weighted by molar-refractivity contribution is -0.121. The number of amides is 2. The maximum absolute atomic E-state index is 12.3. The highest BCUT2D eigenvalue weighted by molar-refractivity contribution is 7.13. The molecule has 1 aromatic carbocycles. The van der Waals surface area contributed by atoms with Crippen molar-refractivity contribution in [1.82, 2.24) is 25.3 Å². The highest BCUT2D eigenvalue weighted by Crippen LogP contribution is 2.18. The topological polar surface area (TPSA) is 90.5 Å². The van der Waals surface area contributed by atoms with Crippen molar-refractivity contribution in [2.45, 2.75) is 32.6 Å². The highest BCUT2D eigenvalue weighted by atomic mass is 35.5. The number of rotatable bonds is 11. The lowest BCUT2D eigenvalue weighted by atomic mass is 10.2. The number of nitrogens with one attached hydrogen (secondary N) is 2. The van der Waals surface area contributed by atoms with Crippen LogP contribution in [0.3, 0.4) is 0 Å². The Morgan fingerprint density at radius 1 is 1.12 bits per heavy atom. The molecular formula is C22H31ClN6O2S. The molecule has 0 unspecified atom stereocenters.